The smallest absolute Gasteiger partial charge is 0.362 e. The SMILES string of the molecule is COC(=O)C(N=Nc1ccc(Nc2ccc(OC)cc2)cc1)=C1N(C)c2ccccc2N1C. The zero-order valence-corrected chi connectivity index (χ0v) is 18.9. The van der Waals surface area contributed by atoms with Crippen LogP contribution in [0.2, 0.25) is 0 Å². The predicted molar refractivity (Wildman–Crippen MR) is 130 cm³/mol. The van der Waals surface area contributed by atoms with Crippen LogP contribution in [-0.2, 0) is 9.53 Å². The summed E-state index contributed by atoms with van der Waals surface area (Å²) < 4.78 is 10.2. The predicted octanol–water partition coefficient (Wildman–Crippen LogP) is 5.45. The third-order valence-corrected chi connectivity index (χ3v) is 5.34. The van der Waals surface area contributed by atoms with E-state index in [1.807, 2.05) is 96.7 Å². The minimum absolute atomic E-state index is 0.124. The number of esters is 1. The van der Waals surface area contributed by atoms with Gasteiger partial charge in [-0.2, -0.15) is 5.11 Å². The van der Waals surface area contributed by atoms with E-state index >= 15 is 0 Å². The molecule has 168 valence electrons. The molecule has 0 radical (unpaired) electrons. The molecule has 0 unspecified atom stereocenters. The molecular formula is C25H25N5O3. The molecule has 8 heteroatoms. The summed E-state index contributed by atoms with van der Waals surface area (Å²) in [5.74, 6) is 0.844. The fourth-order valence-electron chi connectivity index (χ4n) is 3.64. The standard InChI is InChI=1S/C25H25N5O3/c1-29-21-7-5-6-8-22(21)30(2)24(29)23(25(31)33-4)28-27-19-11-9-17(10-12-19)26-18-13-15-20(32-3)16-14-18/h5-16,26H,1-4H3. The highest BCUT2D eigenvalue weighted by Gasteiger charge is 2.32. The molecule has 0 saturated heterocycles. The van der Waals surface area contributed by atoms with Gasteiger partial charge >= 0.3 is 5.97 Å². The number of fused-ring (bicyclic) bond motifs is 1. The van der Waals surface area contributed by atoms with Crippen molar-refractivity contribution in [1.82, 2.24) is 0 Å². The molecule has 8 nitrogen and oxygen atoms in total. The number of nitrogens with one attached hydrogen (secondary N) is 1. The molecule has 1 aliphatic rings. The molecule has 33 heavy (non-hydrogen) atoms. The zero-order chi connectivity index (χ0) is 23.4. The first-order valence-corrected chi connectivity index (χ1v) is 10.3. The molecule has 3 aromatic carbocycles. The molecule has 0 aromatic heterocycles. The topological polar surface area (TPSA) is 78.8 Å². The molecular weight excluding hydrogens is 418 g/mol. The molecule has 0 saturated carbocycles. The number of benzene rings is 3. The van der Waals surface area contributed by atoms with Crippen molar-refractivity contribution in [3.8, 4) is 5.75 Å². The van der Waals surface area contributed by atoms with Gasteiger partial charge in [0.05, 0.1) is 31.3 Å². The first kappa shape index (κ1) is 21.9. The average Bonchev–Trinajstić information content (AvgIpc) is 3.11. The molecule has 0 aliphatic carbocycles. The second kappa shape index (κ2) is 9.44. The largest absolute Gasteiger partial charge is 0.497 e. The Balaban J connectivity index is 1.56. The summed E-state index contributed by atoms with van der Waals surface area (Å²) in [5, 5.41) is 11.9. The lowest BCUT2D eigenvalue weighted by molar-refractivity contribution is -0.136. The fraction of sp³-hybridized carbons (Fsp3) is 0.160. The van der Waals surface area contributed by atoms with Gasteiger partial charge in [-0.25, -0.2) is 4.79 Å². The number of nitrogens with zero attached hydrogens (tertiary/aromatic N) is 4. The van der Waals surface area contributed by atoms with E-state index in [0.717, 1.165) is 28.5 Å². The Labute approximate surface area is 192 Å². The summed E-state index contributed by atoms with van der Waals surface area (Å²) in [7, 11) is 6.74. The number of rotatable bonds is 6. The van der Waals surface area contributed by atoms with Gasteiger partial charge in [-0.05, 0) is 60.7 Å². The van der Waals surface area contributed by atoms with Crippen molar-refractivity contribution in [2.24, 2.45) is 10.2 Å². The highest BCUT2D eigenvalue weighted by molar-refractivity contribution is 5.94. The molecule has 1 heterocycles. The number of anilines is 4. The quantitative estimate of drug-likeness (QED) is 0.310. The molecule has 1 N–H and O–H groups in total. The summed E-state index contributed by atoms with van der Waals surface area (Å²) in [5.41, 5.74) is 4.52. The van der Waals surface area contributed by atoms with Gasteiger partial charge in [-0.15, -0.1) is 5.11 Å². The van der Waals surface area contributed by atoms with Crippen molar-refractivity contribution in [1.29, 1.82) is 0 Å². The maximum absolute atomic E-state index is 12.6. The Kier molecular flexibility index (Phi) is 6.26. The van der Waals surface area contributed by atoms with Gasteiger partial charge in [-0.3, -0.25) is 0 Å². The molecule has 0 fully saturated rings. The molecule has 0 bridgehead atoms. The van der Waals surface area contributed by atoms with Gasteiger partial charge in [0.2, 0.25) is 5.70 Å². The van der Waals surface area contributed by atoms with Crippen molar-refractivity contribution in [3.05, 3.63) is 84.3 Å². The van der Waals surface area contributed by atoms with Crippen LogP contribution in [0.5, 0.6) is 5.75 Å². The van der Waals surface area contributed by atoms with E-state index in [-0.39, 0.29) is 5.70 Å². The van der Waals surface area contributed by atoms with E-state index in [0.29, 0.717) is 11.5 Å². The van der Waals surface area contributed by atoms with E-state index in [4.69, 9.17) is 9.47 Å². The summed E-state index contributed by atoms with van der Waals surface area (Å²) in [4.78, 5) is 16.4. The van der Waals surface area contributed by atoms with Crippen molar-refractivity contribution in [3.63, 3.8) is 0 Å². The van der Waals surface area contributed by atoms with Crippen molar-refractivity contribution >= 4 is 34.4 Å². The van der Waals surface area contributed by atoms with Crippen molar-refractivity contribution in [2.75, 3.05) is 43.4 Å². The Morgan fingerprint density at radius 3 is 1.88 bits per heavy atom. The third-order valence-electron chi connectivity index (χ3n) is 5.34. The Morgan fingerprint density at radius 2 is 1.36 bits per heavy atom. The number of azo groups is 1. The second-order valence-corrected chi connectivity index (χ2v) is 7.37. The summed E-state index contributed by atoms with van der Waals surface area (Å²) in [6.45, 7) is 0. The van der Waals surface area contributed by atoms with E-state index in [9.17, 15) is 4.79 Å². The van der Waals surface area contributed by atoms with Crippen molar-refractivity contribution < 1.29 is 14.3 Å². The number of hydrogen-bond donors (Lipinski definition) is 1. The maximum Gasteiger partial charge on any atom is 0.362 e. The summed E-state index contributed by atoms with van der Waals surface area (Å²) in [6.07, 6.45) is 0. The molecule has 0 spiro atoms. The van der Waals surface area contributed by atoms with Crippen LogP contribution in [0.3, 0.4) is 0 Å². The number of ether oxygens (including phenoxy) is 2. The second-order valence-electron chi connectivity index (χ2n) is 7.37. The van der Waals surface area contributed by atoms with E-state index in [1.54, 1.807) is 7.11 Å². The average molecular weight is 444 g/mol. The van der Waals surface area contributed by atoms with Crippen LogP contribution < -0.4 is 19.9 Å². The van der Waals surface area contributed by atoms with Crippen LogP contribution >= 0.6 is 0 Å². The number of para-hydroxylation sites is 2. The van der Waals surface area contributed by atoms with E-state index in [1.165, 1.54) is 7.11 Å². The van der Waals surface area contributed by atoms with Gasteiger partial charge in [0.25, 0.3) is 0 Å². The first-order chi connectivity index (χ1) is 16.0. The first-order valence-electron chi connectivity index (χ1n) is 10.3. The molecule has 0 atom stereocenters. The summed E-state index contributed by atoms with van der Waals surface area (Å²) in [6, 6.07) is 23.0. The van der Waals surface area contributed by atoms with E-state index < -0.39 is 5.97 Å². The highest BCUT2D eigenvalue weighted by Crippen LogP contribution is 2.40. The van der Waals surface area contributed by atoms with Crippen molar-refractivity contribution in [2.45, 2.75) is 0 Å². The Bertz CT molecular complexity index is 1170. The number of hydrogen-bond acceptors (Lipinski definition) is 8. The highest BCUT2D eigenvalue weighted by atomic mass is 16.5. The lowest BCUT2D eigenvalue weighted by Gasteiger charge is -2.19. The van der Waals surface area contributed by atoms with Crippen LogP contribution in [0.1, 0.15) is 0 Å². The lowest BCUT2D eigenvalue weighted by atomic mass is 10.2. The normalized spacial score (nSPS) is 12.7. The lowest BCUT2D eigenvalue weighted by Crippen LogP contribution is -2.26. The van der Waals surface area contributed by atoms with Gasteiger partial charge in [0.1, 0.15) is 11.6 Å². The minimum Gasteiger partial charge on any atom is -0.497 e. The van der Waals surface area contributed by atoms with Gasteiger partial charge in [0, 0.05) is 25.5 Å². The van der Waals surface area contributed by atoms with Gasteiger partial charge in [-0.1, -0.05) is 12.1 Å². The Hall–Kier alpha value is -4.33. The fourth-order valence-corrected chi connectivity index (χ4v) is 3.64. The molecule has 3 aromatic rings. The van der Waals surface area contributed by atoms with Crippen LogP contribution in [0.15, 0.2) is 94.5 Å². The molecule has 4 rings (SSSR count). The number of carbonyl (C=O) groups excluding carboxylic acids is 1. The van der Waals surface area contributed by atoms with Crippen LogP contribution in [0.25, 0.3) is 0 Å². The third kappa shape index (κ3) is 4.50. The van der Waals surface area contributed by atoms with Crippen LogP contribution in [0, 0.1) is 0 Å². The van der Waals surface area contributed by atoms with Crippen LogP contribution in [0.4, 0.5) is 28.4 Å². The minimum atomic E-state index is -0.557. The van der Waals surface area contributed by atoms with E-state index in [2.05, 4.69) is 15.5 Å². The molecule has 1 aliphatic heterocycles. The number of carbonyl (C=O) groups is 1. The number of methoxy groups -OCH3 is 2. The maximum atomic E-state index is 12.6. The van der Waals surface area contributed by atoms with Crippen LogP contribution in [-0.4, -0.2) is 34.3 Å². The van der Waals surface area contributed by atoms with Gasteiger partial charge < -0.3 is 24.6 Å². The summed E-state index contributed by atoms with van der Waals surface area (Å²) >= 11 is 0. The molecule has 0 amide bonds. The monoisotopic (exact) mass is 443 g/mol. The Morgan fingerprint density at radius 1 is 0.818 bits per heavy atom. The van der Waals surface area contributed by atoms with Gasteiger partial charge in [0.15, 0.2) is 0 Å². The zero-order valence-electron chi connectivity index (χ0n) is 18.9.